The molecule has 0 amide bonds. The molecule has 1 aromatic carbocycles. The van der Waals surface area contributed by atoms with Crippen molar-refractivity contribution in [1.82, 2.24) is 0 Å². The Balaban J connectivity index is 2.28. The third-order valence-electron chi connectivity index (χ3n) is 4.37. The monoisotopic (exact) mass is 296 g/mol. The predicted octanol–water partition coefficient (Wildman–Crippen LogP) is 1.52. The molecule has 1 fully saturated rings. The molecule has 0 aliphatic heterocycles. The van der Waals surface area contributed by atoms with Crippen LogP contribution in [0.15, 0.2) is 24.3 Å². The van der Waals surface area contributed by atoms with Crippen molar-refractivity contribution in [3.8, 4) is 12.1 Å². The van der Waals surface area contributed by atoms with Crippen molar-refractivity contribution in [2.75, 3.05) is 0 Å². The molecule has 1 saturated carbocycles. The van der Waals surface area contributed by atoms with Gasteiger partial charge in [0.2, 0.25) is 11.2 Å². The lowest BCUT2D eigenvalue weighted by molar-refractivity contribution is -0.253. The molecule has 2 bridgehead atoms. The molecular formula is C16H12N2O4. The minimum atomic E-state index is -1.69. The first kappa shape index (κ1) is 14.1. The number of ether oxygens (including phenoxy) is 2. The van der Waals surface area contributed by atoms with Crippen LogP contribution in [0.4, 0.5) is 0 Å². The number of benzene rings is 1. The Hall–Kier alpha value is -2.86. The smallest absolute Gasteiger partial charge is 0.304 e. The average molecular weight is 296 g/mol. The van der Waals surface area contributed by atoms with E-state index in [1.165, 1.54) is 13.8 Å². The fraction of sp³-hybridized carbons (Fsp3) is 0.375. The standard InChI is InChI=1S/C16H12N2O4/c1-9(19)21-15(8-18)14-11-5-3-4-6-12(11)16(15,13(14)7-17)22-10(2)20/h3-6,13-14H,1-2H3/t13-,14+,15+,16+/m0/s1. The third-order valence-corrected chi connectivity index (χ3v) is 4.37. The number of esters is 2. The summed E-state index contributed by atoms with van der Waals surface area (Å²) in [5.41, 5.74) is -1.98. The van der Waals surface area contributed by atoms with Crippen LogP contribution in [0.25, 0.3) is 0 Å². The van der Waals surface area contributed by atoms with Crippen molar-refractivity contribution in [3.63, 3.8) is 0 Å². The van der Waals surface area contributed by atoms with E-state index < -0.39 is 35.0 Å². The summed E-state index contributed by atoms with van der Waals surface area (Å²) in [5, 5.41) is 19.2. The highest BCUT2D eigenvalue weighted by Gasteiger charge is 2.85. The van der Waals surface area contributed by atoms with E-state index in [9.17, 15) is 20.1 Å². The maximum absolute atomic E-state index is 11.6. The van der Waals surface area contributed by atoms with E-state index in [1.807, 2.05) is 6.07 Å². The second-order valence-electron chi connectivity index (χ2n) is 5.44. The summed E-state index contributed by atoms with van der Waals surface area (Å²) in [6, 6.07) is 11.1. The highest BCUT2D eigenvalue weighted by Crippen LogP contribution is 2.73. The van der Waals surface area contributed by atoms with E-state index in [0.717, 1.165) is 0 Å². The molecule has 6 heteroatoms. The van der Waals surface area contributed by atoms with Crippen molar-refractivity contribution in [2.24, 2.45) is 5.92 Å². The lowest BCUT2D eigenvalue weighted by Crippen LogP contribution is -2.69. The van der Waals surface area contributed by atoms with Gasteiger partial charge in [0, 0.05) is 19.4 Å². The molecule has 0 N–H and O–H groups in total. The van der Waals surface area contributed by atoms with E-state index in [4.69, 9.17) is 9.47 Å². The molecule has 0 radical (unpaired) electrons. The zero-order chi connectivity index (χ0) is 16.1. The quantitative estimate of drug-likeness (QED) is 0.767. The fourth-order valence-electron chi connectivity index (χ4n) is 3.84. The summed E-state index contributed by atoms with van der Waals surface area (Å²) >= 11 is 0. The first-order chi connectivity index (χ1) is 10.4. The molecule has 3 aliphatic carbocycles. The lowest BCUT2D eigenvalue weighted by Gasteiger charge is -2.54. The molecule has 4 rings (SSSR count). The number of carbonyl (C=O) groups is 2. The minimum absolute atomic E-state index is 0.560. The Labute approximate surface area is 126 Å². The van der Waals surface area contributed by atoms with Crippen LogP contribution < -0.4 is 0 Å². The lowest BCUT2D eigenvalue weighted by atomic mass is 9.55. The van der Waals surface area contributed by atoms with Crippen LogP contribution in [-0.2, 0) is 24.7 Å². The number of hydrogen-bond donors (Lipinski definition) is 0. The highest BCUT2D eigenvalue weighted by atomic mass is 16.6. The average Bonchev–Trinajstić information content (AvgIpc) is 2.87. The number of rotatable bonds is 2. The molecule has 1 aromatic rings. The van der Waals surface area contributed by atoms with E-state index in [1.54, 1.807) is 24.3 Å². The van der Waals surface area contributed by atoms with Gasteiger partial charge in [-0.15, -0.1) is 0 Å². The third kappa shape index (κ3) is 1.32. The largest absolute Gasteiger partial charge is 0.447 e. The topological polar surface area (TPSA) is 100 Å². The molecule has 3 aliphatic rings. The number of carbonyl (C=O) groups excluding carboxylic acids is 2. The molecule has 0 spiro atoms. The van der Waals surface area contributed by atoms with Crippen LogP contribution in [0.1, 0.15) is 30.9 Å². The van der Waals surface area contributed by atoms with Crippen LogP contribution >= 0.6 is 0 Å². The number of hydrogen-bond acceptors (Lipinski definition) is 6. The number of nitrogens with zero attached hydrogens (tertiary/aromatic N) is 2. The molecule has 0 saturated heterocycles. The van der Waals surface area contributed by atoms with Gasteiger partial charge in [-0.1, -0.05) is 24.3 Å². The number of nitriles is 2. The molecule has 6 nitrogen and oxygen atoms in total. The normalized spacial score (nSPS) is 33.6. The molecule has 22 heavy (non-hydrogen) atoms. The Kier molecular flexibility index (Phi) is 2.76. The van der Waals surface area contributed by atoms with Gasteiger partial charge in [0.05, 0.1) is 12.0 Å². The Bertz CT molecular complexity index is 775. The Morgan fingerprint density at radius 1 is 1.14 bits per heavy atom. The van der Waals surface area contributed by atoms with Crippen LogP contribution in [0.5, 0.6) is 0 Å². The maximum Gasteiger partial charge on any atom is 0.304 e. The highest BCUT2D eigenvalue weighted by molar-refractivity contribution is 5.74. The van der Waals surface area contributed by atoms with Crippen molar-refractivity contribution in [3.05, 3.63) is 35.4 Å². The minimum Gasteiger partial charge on any atom is -0.447 e. The summed E-state index contributed by atoms with van der Waals surface area (Å²) in [7, 11) is 0. The SMILES string of the molecule is CC(=O)O[C@]12c3ccccc3[C@H]([C@@H]1C#N)[C@@]2(C#N)OC(C)=O. The van der Waals surface area contributed by atoms with Crippen molar-refractivity contribution in [2.45, 2.75) is 31.0 Å². The summed E-state index contributed by atoms with van der Waals surface area (Å²) in [6.07, 6.45) is 0. The van der Waals surface area contributed by atoms with E-state index >= 15 is 0 Å². The summed E-state index contributed by atoms with van der Waals surface area (Å²) in [6.45, 7) is 2.39. The zero-order valence-electron chi connectivity index (χ0n) is 12.0. The van der Waals surface area contributed by atoms with E-state index in [0.29, 0.717) is 11.1 Å². The van der Waals surface area contributed by atoms with Crippen LogP contribution in [0.3, 0.4) is 0 Å². The second-order valence-corrected chi connectivity index (χ2v) is 5.44. The predicted molar refractivity (Wildman–Crippen MR) is 71.8 cm³/mol. The van der Waals surface area contributed by atoms with Gasteiger partial charge in [-0.2, -0.15) is 10.5 Å². The second kappa shape index (κ2) is 4.32. The Morgan fingerprint density at radius 3 is 2.32 bits per heavy atom. The van der Waals surface area contributed by atoms with Crippen LogP contribution in [-0.4, -0.2) is 17.5 Å². The van der Waals surface area contributed by atoms with Crippen molar-refractivity contribution >= 4 is 11.9 Å². The fourth-order valence-corrected chi connectivity index (χ4v) is 3.84. The van der Waals surface area contributed by atoms with Gasteiger partial charge in [-0.3, -0.25) is 9.59 Å². The van der Waals surface area contributed by atoms with Gasteiger partial charge in [-0.05, 0) is 5.56 Å². The first-order valence-electron chi connectivity index (χ1n) is 6.74. The molecule has 0 heterocycles. The van der Waals surface area contributed by atoms with Gasteiger partial charge in [0.15, 0.2) is 0 Å². The molecule has 0 aromatic heterocycles. The summed E-state index contributed by atoms with van der Waals surface area (Å²) < 4.78 is 10.7. The maximum atomic E-state index is 11.6. The molecule has 4 atom stereocenters. The van der Waals surface area contributed by atoms with Crippen molar-refractivity contribution < 1.29 is 19.1 Å². The van der Waals surface area contributed by atoms with Crippen molar-refractivity contribution in [1.29, 1.82) is 10.5 Å². The molecule has 110 valence electrons. The summed E-state index contributed by atoms with van der Waals surface area (Å²) in [4.78, 5) is 23.1. The van der Waals surface area contributed by atoms with Gasteiger partial charge in [0.1, 0.15) is 12.0 Å². The Morgan fingerprint density at radius 2 is 1.77 bits per heavy atom. The van der Waals surface area contributed by atoms with E-state index in [2.05, 4.69) is 6.07 Å². The van der Waals surface area contributed by atoms with Crippen LogP contribution in [0, 0.1) is 28.6 Å². The molecule has 0 unspecified atom stereocenters. The van der Waals surface area contributed by atoms with Gasteiger partial charge in [-0.25, -0.2) is 0 Å². The zero-order valence-corrected chi connectivity index (χ0v) is 12.0. The van der Waals surface area contributed by atoms with Gasteiger partial charge >= 0.3 is 11.9 Å². The summed E-state index contributed by atoms with van der Waals surface area (Å²) in [5.74, 6) is -2.68. The van der Waals surface area contributed by atoms with Gasteiger partial charge in [0.25, 0.3) is 0 Å². The van der Waals surface area contributed by atoms with Gasteiger partial charge < -0.3 is 9.47 Å². The molecular weight excluding hydrogens is 284 g/mol. The van der Waals surface area contributed by atoms with Crippen LogP contribution in [0.2, 0.25) is 0 Å². The first-order valence-corrected chi connectivity index (χ1v) is 6.74. The van der Waals surface area contributed by atoms with E-state index in [-0.39, 0.29) is 0 Å².